The number of aromatic nitrogens is 1. The molecule has 4 nitrogen and oxygen atoms in total. The van der Waals surface area contributed by atoms with Gasteiger partial charge in [0.15, 0.2) is 0 Å². The molecule has 0 radical (unpaired) electrons. The van der Waals surface area contributed by atoms with Crippen molar-refractivity contribution >= 4 is 23.2 Å². The van der Waals surface area contributed by atoms with Crippen LogP contribution in [0.4, 0.5) is 0 Å². The van der Waals surface area contributed by atoms with Crippen molar-refractivity contribution in [3.63, 3.8) is 0 Å². The highest BCUT2D eigenvalue weighted by Gasteiger charge is 2.17. The van der Waals surface area contributed by atoms with E-state index in [2.05, 4.69) is 0 Å². The molecule has 0 amide bonds. The second-order valence-corrected chi connectivity index (χ2v) is 4.00. The molecule has 0 saturated carbocycles. The van der Waals surface area contributed by atoms with Crippen LogP contribution in [0.2, 0.25) is 0 Å². The average Bonchev–Trinajstić information content (AvgIpc) is 2.55. The van der Waals surface area contributed by atoms with Gasteiger partial charge in [-0.25, -0.2) is 4.79 Å². The number of benzene rings is 1. The summed E-state index contributed by atoms with van der Waals surface area (Å²) < 4.78 is 1.92. The van der Waals surface area contributed by atoms with E-state index in [0.717, 1.165) is 23.1 Å². The fourth-order valence-electron chi connectivity index (χ4n) is 2.21. The summed E-state index contributed by atoms with van der Waals surface area (Å²) in [5.74, 6) is -0.964. The molecule has 88 valence electrons. The first-order valence-electron chi connectivity index (χ1n) is 5.31. The Balaban J connectivity index is 2.91. The zero-order valence-corrected chi connectivity index (χ0v) is 9.73. The first-order valence-corrected chi connectivity index (χ1v) is 5.31. The summed E-state index contributed by atoms with van der Waals surface area (Å²) in [6, 6.07) is 5.15. The topological polar surface area (TPSA) is 59.3 Å². The van der Waals surface area contributed by atoms with Gasteiger partial charge in [0.2, 0.25) is 0 Å². The molecule has 1 aromatic heterocycles. The number of carbonyl (C=O) groups excluding carboxylic acids is 1. The number of nitrogens with zero attached hydrogens (tertiary/aromatic N) is 1. The quantitative estimate of drug-likeness (QED) is 0.821. The van der Waals surface area contributed by atoms with E-state index in [4.69, 9.17) is 0 Å². The summed E-state index contributed by atoms with van der Waals surface area (Å²) in [6.45, 7) is 1.89. The number of carboxylic acids is 1. The van der Waals surface area contributed by atoms with E-state index < -0.39 is 5.97 Å². The summed E-state index contributed by atoms with van der Waals surface area (Å²) >= 11 is 0. The Morgan fingerprint density at radius 1 is 1.47 bits per heavy atom. The van der Waals surface area contributed by atoms with Gasteiger partial charge in [-0.15, -0.1) is 0 Å². The third-order valence-corrected chi connectivity index (χ3v) is 3.16. The lowest BCUT2D eigenvalue weighted by Gasteiger charge is -2.00. The molecule has 0 unspecified atom stereocenters. The van der Waals surface area contributed by atoms with Gasteiger partial charge in [-0.05, 0) is 24.6 Å². The maximum absolute atomic E-state index is 11.2. The molecule has 17 heavy (non-hydrogen) atoms. The Labute approximate surface area is 98.5 Å². The van der Waals surface area contributed by atoms with Crippen LogP contribution in [0.15, 0.2) is 18.2 Å². The van der Waals surface area contributed by atoms with Gasteiger partial charge in [0.1, 0.15) is 6.29 Å². The number of aryl methyl sites for hydroxylation is 1. The molecule has 0 aliphatic rings. The average molecular weight is 231 g/mol. The highest BCUT2D eigenvalue weighted by molar-refractivity contribution is 6.05. The number of carboxylic acid groups (broad SMARTS) is 1. The van der Waals surface area contributed by atoms with Crippen LogP contribution in [-0.2, 0) is 18.3 Å². The normalized spacial score (nSPS) is 10.7. The fraction of sp³-hybridized carbons (Fsp3) is 0.231. The van der Waals surface area contributed by atoms with Gasteiger partial charge < -0.3 is 14.5 Å². The molecule has 1 aromatic carbocycles. The molecular weight excluding hydrogens is 218 g/mol. The minimum atomic E-state index is -0.964. The predicted molar refractivity (Wildman–Crippen MR) is 64.4 cm³/mol. The van der Waals surface area contributed by atoms with Crippen LogP contribution in [0.1, 0.15) is 21.6 Å². The maximum atomic E-state index is 11.2. The van der Waals surface area contributed by atoms with Gasteiger partial charge in [-0.2, -0.15) is 0 Å². The Morgan fingerprint density at radius 3 is 2.76 bits per heavy atom. The lowest BCUT2D eigenvalue weighted by atomic mass is 10.0. The van der Waals surface area contributed by atoms with E-state index in [1.165, 1.54) is 0 Å². The van der Waals surface area contributed by atoms with Crippen LogP contribution >= 0.6 is 0 Å². The van der Waals surface area contributed by atoms with Crippen LogP contribution in [-0.4, -0.2) is 21.9 Å². The Bertz CT molecular complexity index is 611. The highest BCUT2D eigenvalue weighted by atomic mass is 16.4. The first kappa shape index (κ1) is 11.4. The zero-order valence-electron chi connectivity index (χ0n) is 9.73. The third kappa shape index (κ3) is 1.62. The molecule has 1 heterocycles. The summed E-state index contributed by atoms with van der Waals surface area (Å²) in [6.07, 6.45) is 1.05. The molecule has 0 atom stereocenters. The summed E-state index contributed by atoms with van der Waals surface area (Å²) in [7, 11) is 1.87. The largest absolute Gasteiger partial charge is 0.478 e. The minimum absolute atomic E-state index is 0.244. The van der Waals surface area contributed by atoms with Crippen molar-refractivity contribution in [1.29, 1.82) is 0 Å². The lowest BCUT2D eigenvalue weighted by Crippen LogP contribution is -1.98. The third-order valence-electron chi connectivity index (χ3n) is 3.16. The highest BCUT2D eigenvalue weighted by Crippen LogP contribution is 2.28. The number of carbonyl (C=O) groups is 2. The standard InChI is InChI=1S/C13H13NO3/c1-8-9(6-7-15)12-10(13(16)17)4-3-5-11(12)14(8)2/h3-5,7H,6H2,1-2H3,(H,16,17). The molecule has 2 aromatic rings. The number of fused-ring (bicyclic) bond motifs is 1. The SMILES string of the molecule is Cc1c(CC=O)c2c(C(=O)O)cccc2n1C. The summed E-state index contributed by atoms with van der Waals surface area (Å²) in [4.78, 5) is 21.9. The maximum Gasteiger partial charge on any atom is 0.336 e. The molecule has 0 aliphatic carbocycles. The fourth-order valence-corrected chi connectivity index (χ4v) is 2.21. The number of hydrogen-bond acceptors (Lipinski definition) is 2. The minimum Gasteiger partial charge on any atom is -0.478 e. The molecule has 0 fully saturated rings. The van der Waals surface area contributed by atoms with E-state index in [-0.39, 0.29) is 12.0 Å². The van der Waals surface area contributed by atoms with Gasteiger partial charge in [0, 0.05) is 30.1 Å². The molecule has 1 N–H and O–H groups in total. The van der Waals surface area contributed by atoms with E-state index in [1.807, 2.05) is 24.6 Å². The predicted octanol–water partition coefficient (Wildman–Crippen LogP) is 1.93. The second kappa shape index (κ2) is 4.05. The van der Waals surface area contributed by atoms with Crippen molar-refractivity contribution in [2.75, 3.05) is 0 Å². The lowest BCUT2D eigenvalue weighted by molar-refractivity contribution is -0.107. The summed E-state index contributed by atoms with van der Waals surface area (Å²) in [5, 5.41) is 9.85. The van der Waals surface area contributed by atoms with Crippen molar-refractivity contribution in [2.45, 2.75) is 13.3 Å². The van der Waals surface area contributed by atoms with Crippen molar-refractivity contribution < 1.29 is 14.7 Å². The van der Waals surface area contributed by atoms with Crippen LogP contribution in [0.3, 0.4) is 0 Å². The van der Waals surface area contributed by atoms with Crippen LogP contribution < -0.4 is 0 Å². The number of hydrogen-bond donors (Lipinski definition) is 1. The van der Waals surface area contributed by atoms with Crippen molar-refractivity contribution in [3.8, 4) is 0 Å². The summed E-state index contributed by atoms with van der Waals surface area (Å²) in [5.41, 5.74) is 2.83. The monoisotopic (exact) mass is 231 g/mol. The smallest absolute Gasteiger partial charge is 0.336 e. The van der Waals surface area contributed by atoms with Crippen LogP contribution in [0.25, 0.3) is 10.9 Å². The van der Waals surface area contributed by atoms with Crippen LogP contribution in [0, 0.1) is 6.92 Å². The van der Waals surface area contributed by atoms with Gasteiger partial charge in [-0.3, -0.25) is 0 Å². The van der Waals surface area contributed by atoms with Crippen LogP contribution in [0.5, 0.6) is 0 Å². The van der Waals surface area contributed by atoms with Gasteiger partial charge >= 0.3 is 5.97 Å². The molecule has 4 heteroatoms. The number of rotatable bonds is 3. The van der Waals surface area contributed by atoms with E-state index in [9.17, 15) is 14.7 Å². The number of aldehydes is 1. The van der Waals surface area contributed by atoms with Gasteiger partial charge in [-0.1, -0.05) is 6.07 Å². The molecule has 2 rings (SSSR count). The number of aromatic carboxylic acids is 1. The van der Waals surface area contributed by atoms with E-state index >= 15 is 0 Å². The molecule has 0 saturated heterocycles. The molecule has 0 aliphatic heterocycles. The molecule has 0 spiro atoms. The Kier molecular flexibility index (Phi) is 2.71. The first-order chi connectivity index (χ1) is 8.07. The van der Waals surface area contributed by atoms with Gasteiger partial charge in [0.05, 0.1) is 5.56 Å². The van der Waals surface area contributed by atoms with Crippen molar-refractivity contribution in [3.05, 3.63) is 35.0 Å². The molecular formula is C13H13NO3. The Hall–Kier alpha value is -2.10. The Morgan fingerprint density at radius 2 is 2.18 bits per heavy atom. The van der Waals surface area contributed by atoms with Crippen molar-refractivity contribution in [2.24, 2.45) is 7.05 Å². The second-order valence-electron chi connectivity index (χ2n) is 4.00. The van der Waals surface area contributed by atoms with E-state index in [1.54, 1.807) is 12.1 Å². The van der Waals surface area contributed by atoms with Gasteiger partial charge in [0.25, 0.3) is 0 Å². The van der Waals surface area contributed by atoms with Crippen molar-refractivity contribution in [1.82, 2.24) is 4.57 Å². The molecule has 0 bridgehead atoms. The zero-order chi connectivity index (χ0) is 12.6. The van der Waals surface area contributed by atoms with E-state index in [0.29, 0.717) is 5.39 Å².